The molecule has 0 spiro atoms. The summed E-state index contributed by atoms with van der Waals surface area (Å²) in [6, 6.07) is 0. The summed E-state index contributed by atoms with van der Waals surface area (Å²) in [6.45, 7) is 7.75. The Labute approximate surface area is 113 Å². The van der Waals surface area contributed by atoms with Crippen molar-refractivity contribution in [1.29, 1.82) is 0 Å². The average Bonchev–Trinajstić information content (AvgIpc) is 2.93. The van der Waals surface area contributed by atoms with E-state index in [1.807, 2.05) is 27.7 Å². The molecule has 0 fully saturated rings. The van der Waals surface area contributed by atoms with Crippen LogP contribution in [0.1, 0.15) is 27.7 Å². The van der Waals surface area contributed by atoms with E-state index >= 15 is 0 Å². The Morgan fingerprint density at radius 3 is 1.63 bits per heavy atom. The second-order valence-electron chi connectivity index (χ2n) is 4.71. The van der Waals surface area contributed by atoms with Gasteiger partial charge in [0, 0.05) is 5.41 Å². The van der Waals surface area contributed by atoms with E-state index in [1.54, 1.807) is 24.3 Å². The highest BCUT2D eigenvalue weighted by Gasteiger charge is 2.54. The first kappa shape index (κ1) is 15.2. The zero-order valence-electron chi connectivity index (χ0n) is 11.9. The lowest BCUT2D eigenvalue weighted by Crippen LogP contribution is -2.09. The molecule has 0 unspecified atom stereocenters. The molecule has 0 amide bonds. The van der Waals surface area contributed by atoms with Crippen LogP contribution >= 0.6 is 0 Å². The molecule has 0 saturated heterocycles. The first-order valence-electron chi connectivity index (χ1n) is 6.28. The summed E-state index contributed by atoms with van der Waals surface area (Å²) < 4.78 is 10.1. The molecule has 104 valence electrons. The van der Waals surface area contributed by atoms with E-state index in [0.717, 1.165) is 0 Å². The highest BCUT2D eigenvalue weighted by molar-refractivity contribution is 6.11. The number of esters is 2. The third-order valence-corrected chi connectivity index (χ3v) is 2.94. The first-order valence-corrected chi connectivity index (χ1v) is 6.28. The van der Waals surface area contributed by atoms with Gasteiger partial charge in [0.15, 0.2) is 0 Å². The molecule has 1 aliphatic carbocycles. The summed E-state index contributed by atoms with van der Waals surface area (Å²) in [5.41, 5.74) is 0.296. The predicted octanol–water partition coefficient (Wildman–Crippen LogP) is 2.56. The first-order chi connectivity index (χ1) is 8.96. The van der Waals surface area contributed by atoms with Gasteiger partial charge in [-0.3, -0.25) is 0 Å². The lowest BCUT2D eigenvalue weighted by atomic mass is 10.0. The van der Waals surface area contributed by atoms with Crippen LogP contribution in [0.25, 0.3) is 0 Å². The van der Waals surface area contributed by atoms with Gasteiger partial charge in [0.2, 0.25) is 0 Å². The van der Waals surface area contributed by atoms with Crippen molar-refractivity contribution < 1.29 is 19.1 Å². The maximum absolute atomic E-state index is 11.8. The van der Waals surface area contributed by atoms with Gasteiger partial charge in [-0.15, -0.1) is 0 Å². The van der Waals surface area contributed by atoms with E-state index in [1.165, 1.54) is 0 Å². The van der Waals surface area contributed by atoms with E-state index in [-0.39, 0.29) is 13.2 Å². The Morgan fingerprint density at radius 1 is 0.947 bits per heavy atom. The van der Waals surface area contributed by atoms with Gasteiger partial charge in [0.1, 0.15) is 13.2 Å². The summed E-state index contributed by atoms with van der Waals surface area (Å²) in [7, 11) is 0. The van der Waals surface area contributed by atoms with Crippen molar-refractivity contribution in [3.05, 3.63) is 35.5 Å². The Morgan fingerprint density at radius 2 is 1.32 bits per heavy atom. The van der Waals surface area contributed by atoms with Crippen LogP contribution in [0.15, 0.2) is 35.5 Å². The summed E-state index contributed by atoms with van der Waals surface area (Å²) >= 11 is 0. The molecule has 4 heteroatoms. The number of ether oxygens (including phenoxy) is 2. The fraction of sp³-hybridized carbons (Fsp3) is 0.467. The second kappa shape index (κ2) is 6.36. The molecule has 0 N–H and O–H groups in total. The van der Waals surface area contributed by atoms with Gasteiger partial charge in [-0.2, -0.15) is 0 Å². The fourth-order valence-electron chi connectivity index (χ4n) is 1.77. The van der Waals surface area contributed by atoms with Gasteiger partial charge in [-0.05, 0) is 13.8 Å². The van der Waals surface area contributed by atoms with Crippen LogP contribution in [0.2, 0.25) is 0 Å². The van der Waals surface area contributed by atoms with Crippen LogP contribution in [-0.4, -0.2) is 25.2 Å². The lowest BCUT2D eigenvalue weighted by Gasteiger charge is -2.05. The van der Waals surface area contributed by atoms with Gasteiger partial charge < -0.3 is 9.47 Å². The van der Waals surface area contributed by atoms with Crippen LogP contribution in [-0.2, 0) is 19.1 Å². The maximum Gasteiger partial charge on any atom is 0.335 e. The number of hydrogen-bond donors (Lipinski definition) is 0. The molecule has 0 bridgehead atoms. The molecule has 0 heterocycles. The van der Waals surface area contributed by atoms with Crippen molar-refractivity contribution in [3.8, 4) is 0 Å². The molecule has 1 rings (SSSR count). The summed E-state index contributed by atoms with van der Waals surface area (Å²) in [5.74, 6) is -0.887. The van der Waals surface area contributed by atoms with Crippen LogP contribution in [0.5, 0.6) is 0 Å². The Bertz CT molecular complexity index is 413. The van der Waals surface area contributed by atoms with Gasteiger partial charge in [-0.25, -0.2) is 9.59 Å². The largest absolute Gasteiger partial charge is 0.458 e. The molecule has 0 aromatic carbocycles. The molecule has 0 aliphatic heterocycles. The lowest BCUT2D eigenvalue weighted by molar-refractivity contribution is -0.139. The summed E-state index contributed by atoms with van der Waals surface area (Å²) in [6.07, 6.45) is 7.06. The Kier molecular flexibility index (Phi) is 5.10. The molecule has 0 radical (unpaired) electrons. The maximum atomic E-state index is 11.8. The molecule has 0 aromatic rings. The predicted molar refractivity (Wildman–Crippen MR) is 72.4 cm³/mol. The molecule has 0 atom stereocenters. The fourth-order valence-corrected chi connectivity index (χ4v) is 1.77. The third-order valence-electron chi connectivity index (χ3n) is 2.94. The van der Waals surface area contributed by atoms with E-state index in [2.05, 4.69) is 0 Å². The molecular formula is C15H20O4. The van der Waals surface area contributed by atoms with Crippen LogP contribution < -0.4 is 0 Å². The molecule has 19 heavy (non-hydrogen) atoms. The number of carbonyl (C=O) groups excluding carboxylic acids is 2. The minimum Gasteiger partial charge on any atom is -0.458 e. The quantitative estimate of drug-likeness (QED) is 0.546. The number of carbonyl (C=O) groups is 2. The molecule has 0 saturated carbocycles. The minimum absolute atomic E-state index is 0.218. The van der Waals surface area contributed by atoms with Crippen LogP contribution in [0.4, 0.5) is 0 Å². The van der Waals surface area contributed by atoms with Crippen LogP contribution in [0, 0.1) is 5.41 Å². The SMILES string of the molecule is C/C=C/COC(=O)C1=C(C(=O)OC/C=C/C)C1(C)C. The smallest absolute Gasteiger partial charge is 0.335 e. The number of allylic oxidation sites excluding steroid dienone is 2. The zero-order valence-corrected chi connectivity index (χ0v) is 11.9. The van der Waals surface area contributed by atoms with Crippen molar-refractivity contribution in [3.63, 3.8) is 0 Å². The third kappa shape index (κ3) is 3.56. The topological polar surface area (TPSA) is 52.6 Å². The monoisotopic (exact) mass is 264 g/mol. The molecule has 4 nitrogen and oxygen atoms in total. The molecule has 0 aromatic heterocycles. The van der Waals surface area contributed by atoms with E-state index < -0.39 is 17.4 Å². The average molecular weight is 264 g/mol. The Balaban J connectivity index is 2.64. The second-order valence-corrected chi connectivity index (χ2v) is 4.71. The number of rotatable bonds is 6. The van der Waals surface area contributed by atoms with E-state index in [9.17, 15) is 9.59 Å². The van der Waals surface area contributed by atoms with E-state index in [0.29, 0.717) is 11.1 Å². The van der Waals surface area contributed by atoms with Gasteiger partial charge >= 0.3 is 11.9 Å². The van der Waals surface area contributed by atoms with Crippen molar-refractivity contribution in [1.82, 2.24) is 0 Å². The summed E-state index contributed by atoms with van der Waals surface area (Å²) in [5, 5.41) is 0. The van der Waals surface area contributed by atoms with Crippen molar-refractivity contribution in [2.24, 2.45) is 5.41 Å². The number of hydrogen-bond acceptors (Lipinski definition) is 4. The highest BCUT2D eigenvalue weighted by Crippen LogP contribution is 2.52. The summed E-state index contributed by atoms with van der Waals surface area (Å²) in [4.78, 5) is 23.6. The van der Waals surface area contributed by atoms with Crippen LogP contribution in [0.3, 0.4) is 0 Å². The highest BCUT2D eigenvalue weighted by atomic mass is 16.5. The van der Waals surface area contributed by atoms with Gasteiger partial charge in [0.25, 0.3) is 0 Å². The van der Waals surface area contributed by atoms with Crippen molar-refractivity contribution in [2.75, 3.05) is 13.2 Å². The molecule has 1 aliphatic rings. The zero-order chi connectivity index (χ0) is 14.5. The normalized spacial score (nSPS) is 17.1. The van der Waals surface area contributed by atoms with Gasteiger partial charge in [0.05, 0.1) is 11.1 Å². The van der Waals surface area contributed by atoms with Gasteiger partial charge in [-0.1, -0.05) is 38.2 Å². The minimum atomic E-state index is -0.542. The van der Waals surface area contributed by atoms with Crippen molar-refractivity contribution >= 4 is 11.9 Å². The van der Waals surface area contributed by atoms with E-state index in [4.69, 9.17) is 9.47 Å². The standard InChI is InChI=1S/C15H20O4/c1-5-7-9-18-13(16)11-12(15(11,3)4)14(17)19-10-8-6-2/h5-8H,9-10H2,1-4H3/b7-5+,8-6+. The Hall–Kier alpha value is -1.84. The molecular weight excluding hydrogens is 244 g/mol. The van der Waals surface area contributed by atoms with Crippen molar-refractivity contribution in [2.45, 2.75) is 27.7 Å².